The summed E-state index contributed by atoms with van der Waals surface area (Å²) in [4.78, 5) is 0. The molecule has 138 valence electrons. The van der Waals surface area contributed by atoms with Crippen LogP contribution < -0.4 is 0 Å². The van der Waals surface area contributed by atoms with Crippen LogP contribution in [0.15, 0.2) is 12.3 Å². The number of rotatable bonds is 3. The molecule has 0 aromatic carbocycles. The van der Waals surface area contributed by atoms with E-state index in [0.717, 1.165) is 0 Å². The van der Waals surface area contributed by atoms with Gasteiger partial charge in [0.15, 0.2) is 6.29 Å². The van der Waals surface area contributed by atoms with Crippen LogP contribution in [0.3, 0.4) is 0 Å². The van der Waals surface area contributed by atoms with Crippen LogP contribution >= 0.6 is 0 Å². The SMILES string of the molecule is C[C@]1(O)CC(O)[C@@H]2C=CO[C@@H](O[C@@H]3O[C@H](CO)[C@@H](O)[C@H](O)[C@H]3O)[C@@H]21. The van der Waals surface area contributed by atoms with Crippen LogP contribution in [-0.2, 0) is 14.2 Å². The third-order valence-corrected chi connectivity index (χ3v) is 5.12. The summed E-state index contributed by atoms with van der Waals surface area (Å²) in [5.74, 6) is -0.992. The lowest BCUT2D eigenvalue weighted by molar-refractivity contribution is -0.346. The van der Waals surface area contributed by atoms with Crippen molar-refractivity contribution >= 4 is 0 Å². The van der Waals surface area contributed by atoms with Crippen molar-refractivity contribution in [2.24, 2.45) is 11.8 Å². The molecule has 0 amide bonds. The first-order valence-electron chi connectivity index (χ1n) is 7.95. The first-order valence-corrected chi connectivity index (χ1v) is 7.95. The van der Waals surface area contributed by atoms with Crippen LogP contribution in [0.1, 0.15) is 13.3 Å². The Morgan fingerprint density at radius 3 is 2.50 bits per heavy atom. The summed E-state index contributed by atoms with van der Waals surface area (Å²) in [5, 5.41) is 59.5. The molecule has 2 heterocycles. The standard InChI is InChI=1S/C15H24O9/c1-15(21)4-7(17)6-2-3-22-13(9(6)15)24-14-12(20)11(19)10(18)8(5-16)23-14/h2-3,6-14,16-21H,4-5H2,1H3/t6-,7?,8+,9+,10+,11-,12+,13-,14-,15-/m0/s1. The molecule has 9 heteroatoms. The number of ether oxygens (including phenoxy) is 3. The van der Waals surface area contributed by atoms with Crippen molar-refractivity contribution in [1.82, 2.24) is 0 Å². The van der Waals surface area contributed by atoms with E-state index in [4.69, 9.17) is 14.2 Å². The summed E-state index contributed by atoms with van der Waals surface area (Å²) >= 11 is 0. The van der Waals surface area contributed by atoms with E-state index >= 15 is 0 Å². The van der Waals surface area contributed by atoms with Crippen LogP contribution in [0.4, 0.5) is 0 Å². The Morgan fingerprint density at radius 1 is 1.12 bits per heavy atom. The maximum atomic E-state index is 10.5. The lowest BCUT2D eigenvalue weighted by Crippen LogP contribution is -2.60. The number of hydrogen-bond acceptors (Lipinski definition) is 9. The summed E-state index contributed by atoms with van der Waals surface area (Å²) < 4.78 is 16.3. The second-order valence-corrected chi connectivity index (χ2v) is 6.90. The molecule has 0 radical (unpaired) electrons. The molecule has 1 saturated heterocycles. The Morgan fingerprint density at radius 2 is 1.83 bits per heavy atom. The van der Waals surface area contributed by atoms with Crippen molar-refractivity contribution in [3.8, 4) is 0 Å². The maximum absolute atomic E-state index is 10.5. The molecule has 9 nitrogen and oxygen atoms in total. The highest BCUT2D eigenvalue weighted by Gasteiger charge is 2.56. The summed E-state index contributed by atoms with van der Waals surface area (Å²) in [5.41, 5.74) is -1.26. The van der Waals surface area contributed by atoms with Gasteiger partial charge < -0.3 is 44.8 Å². The molecule has 0 bridgehead atoms. The fourth-order valence-electron chi connectivity index (χ4n) is 3.80. The van der Waals surface area contributed by atoms with Gasteiger partial charge in [0.2, 0.25) is 6.29 Å². The monoisotopic (exact) mass is 348 g/mol. The van der Waals surface area contributed by atoms with Crippen LogP contribution in [0.25, 0.3) is 0 Å². The molecule has 6 N–H and O–H groups in total. The Labute approximate surface area is 138 Å². The zero-order chi connectivity index (χ0) is 17.6. The minimum absolute atomic E-state index is 0.143. The van der Waals surface area contributed by atoms with Gasteiger partial charge in [0.1, 0.15) is 24.4 Å². The summed E-state index contributed by atoms with van der Waals surface area (Å²) in [7, 11) is 0. The normalized spacial score (nSPS) is 54.4. The summed E-state index contributed by atoms with van der Waals surface area (Å²) in [6, 6.07) is 0. The molecule has 10 atom stereocenters. The van der Waals surface area contributed by atoms with Gasteiger partial charge in [0, 0.05) is 12.3 Å². The number of aliphatic hydroxyl groups is 6. The molecule has 0 aromatic heterocycles. The van der Waals surface area contributed by atoms with Crippen molar-refractivity contribution in [3.63, 3.8) is 0 Å². The van der Waals surface area contributed by atoms with E-state index in [2.05, 4.69) is 0 Å². The molecule has 0 spiro atoms. The first-order chi connectivity index (χ1) is 11.3. The molecule has 1 unspecified atom stereocenters. The van der Waals surface area contributed by atoms with E-state index in [-0.39, 0.29) is 12.3 Å². The lowest BCUT2D eigenvalue weighted by atomic mass is 9.85. The molecule has 24 heavy (non-hydrogen) atoms. The van der Waals surface area contributed by atoms with E-state index < -0.39 is 61.2 Å². The van der Waals surface area contributed by atoms with Gasteiger partial charge in [-0.05, 0) is 13.0 Å². The van der Waals surface area contributed by atoms with Crippen LogP contribution in [0, 0.1) is 11.8 Å². The predicted octanol–water partition coefficient (Wildman–Crippen LogP) is -2.58. The van der Waals surface area contributed by atoms with Gasteiger partial charge in [-0.3, -0.25) is 0 Å². The topological polar surface area (TPSA) is 149 Å². The highest BCUT2D eigenvalue weighted by Crippen LogP contribution is 2.46. The molecule has 1 saturated carbocycles. The third-order valence-electron chi connectivity index (χ3n) is 5.12. The fraction of sp³-hybridized carbons (Fsp3) is 0.867. The van der Waals surface area contributed by atoms with Gasteiger partial charge in [0.05, 0.1) is 30.5 Å². The van der Waals surface area contributed by atoms with Crippen LogP contribution in [0.2, 0.25) is 0 Å². The minimum atomic E-state index is -1.56. The van der Waals surface area contributed by atoms with E-state index in [9.17, 15) is 30.6 Å². The molecule has 1 aliphatic carbocycles. The fourth-order valence-corrected chi connectivity index (χ4v) is 3.80. The number of aliphatic hydroxyl groups excluding tert-OH is 5. The molecular weight excluding hydrogens is 324 g/mol. The lowest BCUT2D eigenvalue weighted by Gasteiger charge is -2.43. The van der Waals surface area contributed by atoms with E-state index in [1.165, 1.54) is 6.26 Å². The van der Waals surface area contributed by atoms with Gasteiger partial charge in [0.25, 0.3) is 0 Å². The number of fused-ring (bicyclic) bond motifs is 1. The molecule has 0 aromatic rings. The Hall–Kier alpha value is -0.780. The van der Waals surface area contributed by atoms with Crippen molar-refractivity contribution in [2.75, 3.05) is 6.61 Å². The molecular formula is C15H24O9. The highest BCUT2D eigenvalue weighted by atomic mass is 16.8. The third kappa shape index (κ3) is 2.95. The smallest absolute Gasteiger partial charge is 0.207 e. The maximum Gasteiger partial charge on any atom is 0.207 e. The predicted molar refractivity (Wildman–Crippen MR) is 77.1 cm³/mol. The van der Waals surface area contributed by atoms with Crippen molar-refractivity contribution in [2.45, 2.75) is 62.0 Å². The number of hydrogen-bond donors (Lipinski definition) is 6. The van der Waals surface area contributed by atoms with Gasteiger partial charge in [-0.25, -0.2) is 0 Å². The van der Waals surface area contributed by atoms with E-state index in [0.29, 0.717) is 0 Å². The minimum Gasteiger partial charge on any atom is -0.472 e. The molecule has 3 aliphatic rings. The molecule has 2 fully saturated rings. The van der Waals surface area contributed by atoms with Crippen molar-refractivity contribution in [1.29, 1.82) is 0 Å². The molecule has 3 rings (SSSR count). The second kappa shape index (κ2) is 6.50. The van der Waals surface area contributed by atoms with Crippen molar-refractivity contribution < 1.29 is 44.8 Å². The zero-order valence-electron chi connectivity index (χ0n) is 13.2. The van der Waals surface area contributed by atoms with E-state index in [1.807, 2.05) is 0 Å². The average molecular weight is 348 g/mol. The summed E-state index contributed by atoms with van der Waals surface area (Å²) in [6.07, 6.45) is -5.74. The van der Waals surface area contributed by atoms with E-state index in [1.54, 1.807) is 13.0 Å². The first kappa shape index (κ1) is 18.0. The Bertz CT molecular complexity index is 480. The Kier molecular flexibility index (Phi) is 4.89. The van der Waals surface area contributed by atoms with Gasteiger partial charge in [-0.1, -0.05) is 0 Å². The Balaban J connectivity index is 1.76. The summed E-state index contributed by atoms with van der Waals surface area (Å²) in [6.45, 7) is 0.992. The average Bonchev–Trinajstić information content (AvgIpc) is 2.78. The van der Waals surface area contributed by atoms with Gasteiger partial charge in [-0.15, -0.1) is 0 Å². The van der Waals surface area contributed by atoms with Crippen molar-refractivity contribution in [3.05, 3.63) is 12.3 Å². The zero-order valence-corrected chi connectivity index (χ0v) is 13.2. The van der Waals surface area contributed by atoms with Gasteiger partial charge >= 0.3 is 0 Å². The van der Waals surface area contributed by atoms with Gasteiger partial charge in [-0.2, -0.15) is 0 Å². The second-order valence-electron chi connectivity index (χ2n) is 6.90. The van der Waals surface area contributed by atoms with Crippen LogP contribution in [-0.4, -0.2) is 85.9 Å². The highest BCUT2D eigenvalue weighted by molar-refractivity contribution is 5.10. The largest absolute Gasteiger partial charge is 0.472 e. The van der Waals surface area contributed by atoms with Crippen LogP contribution in [0.5, 0.6) is 0 Å². The molecule has 2 aliphatic heterocycles. The quantitative estimate of drug-likeness (QED) is 0.323.